The molecule has 36 heavy (non-hydrogen) atoms. The van der Waals surface area contributed by atoms with Crippen LogP contribution in [0.2, 0.25) is 0 Å². The third-order valence-electron chi connectivity index (χ3n) is 6.49. The predicted molar refractivity (Wildman–Crippen MR) is 134 cm³/mol. The van der Waals surface area contributed by atoms with Crippen LogP contribution in [-0.2, 0) is 6.18 Å². The highest BCUT2D eigenvalue weighted by Crippen LogP contribution is 2.35. The zero-order valence-corrected chi connectivity index (χ0v) is 20.2. The van der Waals surface area contributed by atoms with Gasteiger partial charge >= 0.3 is 6.18 Å². The summed E-state index contributed by atoms with van der Waals surface area (Å²) in [5, 5.41) is 0. The van der Waals surface area contributed by atoms with Crippen LogP contribution >= 0.6 is 0 Å². The first-order valence-corrected chi connectivity index (χ1v) is 11.9. The first kappa shape index (κ1) is 25.5. The molecule has 0 bridgehead atoms. The molecule has 10 heteroatoms. The quantitative estimate of drug-likeness (QED) is 0.367. The summed E-state index contributed by atoms with van der Waals surface area (Å²) in [5.74, 6) is 0.810. The number of anilines is 1. The maximum Gasteiger partial charge on any atom is 0.419 e. The van der Waals surface area contributed by atoms with E-state index in [1.165, 1.54) is 18.3 Å². The van der Waals surface area contributed by atoms with Gasteiger partial charge in [-0.15, -0.1) is 0 Å². The second-order valence-electron chi connectivity index (χ2n) is 8.99. The van der Waals surface area contributed by atoms with Crippen LogP contribution in [0.5, 0.6) is 0 Å². The zero-order valence-electron chi connectivity index (χ0n) is 20.2. The smallest absolute Gasteiger partial charge is 0.398 e. The van der Waals surface area contributed by atoms with Crippen molar-refractivity contribution >= 4 is 17.4 Å². The Morgan fingerprint density at radius 1 is 1.06 bits per heavy atom. The highest BCUT2D eigenvalue weighted by molar-refractivity contribution is 5.99. The van der Waals surface area contributed by atoms with Crippen molar-refractivity contribution in [1.29, 1.82) is 0 Å². The van der Waals surface area contributed by atoms with E-state index >= 15 is 0 Å². The Morgan fingerprint density at radius 3 is 2.39 bits per heavy atom. The molecular formula is C26H30F4N6. The standard InChI is InChI=1S/C26H30F4N6/c1-18-16-20(7-8-22(18)27)23(31)17-24(33-19(2)34-10-3-4-11-34)35-12-14-36(15-13-35)25-21(26(28,29)30)6-5-9-32-25/h5-9,16-17H,2-4,10-15,31H2,1H3/b23-17-,33-24+. The van der Waals surface area contributed by atoms with Crippen LogP contribution in [-0.4, -0.2) is 59.9 Å². The predicted octanol–water partition coefficient (Wildman–Crippen LogP) is 4.64. The average Bonchev–Trinajstić information content (AvgIpc) is 3.40. The van der Waals surface area contributed by atoms with Crippen LogP contribution in [0.3, 0.4) is 0 Å². The normalized spacial score (nSPS) is 17.6. The molecule has 192 valence electrons. The summed E-state index contributed by atoms with van der Waals surface area (Å²) in [6.07, 6.45) is 0.761. The van der Waals surface area contributed by atoms with E-state index in [1.54, 1.807) is 30.0 Å². The Balaban J connectivity index is 1.58. The lowest BCUT2D eigenvalue weighted by Gasteiger charge is -2.37. The second kappa shape index (κ2) is 10.6. The van der Waals surface area contributed by atoms with Crippen LogP contribution < -0.4 is 10.6 Å². The second-order valence-corrected chi connectivity index (χ2v) is 8.99. The first-order valence-electron chi connectivity index (χ1n) is 11.9. The molecule has 3 heterocycles. The molecule has 4 rings (SSSR count). The van der Waals surface area contributed by atoms with Crippen molar-refractivity contribution in [2.24, 2.45) is 10.7 Å². The van der Waals surface area contributed by atoms with Crippen molar-refractivity contribution in [3.05, 3.63) is 77.5 Å². The number of nitrogens with two attached hydrogens (primary N) is 1. The van der Waals surface area contributed by atoms with Crippen molar-refractivity contribution in [3.8, 4) is 0 Å². The highest BCUT2D eigenvalue weighted by atomic mass is 19.4. The van der Waals surface area contributed by atoms with Gasteiger partial charge in [-0.3, -0.25) is 0 Å². The van der Waals surface area contributed by atoms with Crippen LogP contribution in [0, 0.1) is 12.7 Å². The van der Waals surface area contributed by atoms with E-state index in [0.29, 0.717) is 54.7 Å². The lowest BCUT2D eigenvalue weighted by Crippen LogP contribution is -2.49. The van der Waals surface area contributed by atoms with E-state index < -0.39 is 11.7 Å². The van der Waals surface area contributed by atoms with Crippen LogP contribution in [0.1, 0.15) is 29.5 Å². The number of rotatable bonds is 5. The van der Waals surface area contributed by atoms with E-state index in [4.69, 9.17) is 10.7 Å². The molecule has 0 atom stereocenters. The number of nitrogens with zero attached hydrogens (tertiary/aromatic N) is 5. The molecule has 2 aliphatic heterocycles. The third kappa shape index (κ3) is 5.80. The Kier molecular flexibility index (Phi) is 7.51. The van der Waals surface area contributed by atoms with Gasteiger partial charge in [-0.1, -0.05) is 6.58 Å². The summed E-state index contributed by atoms with van der Waals surface area (Å²) in [4.78, 5) is 14.5. The van der Waals surface area contributed by atoms with Crippen molar-refractivity contribution in [2.75, 3.05) is 44.2 Å². The minimum atomic E-state index is -4.48. The fourth-order valence-electron chi connectivity index (χ4n) is 4.44. The Labute approximate surface area is 208 Å². The summed E-state index contributed by atoms with van der Waals surface area (Å²) < 4.78 is 54.3. The molecule has 0 radical (unpaired) electrons. The van der Waals surface area contributed by atoms with Gasteiger partial charge in [0.2, 0.25) is 0 Å². The van der Waals surface area contributed by atoms with Gasteiger partial charge in [0.25, 0.3) is 0 Å². The van der Waals surface area contributed by atoms with Gasteiger partial charge in [0.1, 0.15) is 23.3 Å². The molecule has 2 aromatic rings. The number of hydrogen-bond donors (Lipinski definition) is 1. The van der Waals surface area contributed by atoms with Gasteiger partial charge in [0.05, 0.1) is 5.56 Å². The number of piperazine rings is 1. The monoisotopic (exact) mass is 502 g/mol. The topological polar surface area (TPSA) is 61.0 Å². The molecular weight excluding hydrogens is 472 g/mol. The van der Waals surface area contributed by atoms with Crippen LogP contribution in [0.4, 0.5) is 23.4 Å². The lowest BCUT2D eigenvalue weighted by molar-refractivity contribution is -0.137. The number of aliphatic imine (C=N–C) groups is 1. The fraction of sp³-hybridized carbons (Fsp3) is 0.385. The van der Waals surface area contributed by atoms with Gasteiger partial charge in [-0.2, -0.15) is 13.2 Å². The summed E-state index contributed by atoms with van der Waals surface area (Å²) in [6, 6.07) is 7.00. The number of benzene rings is 1. The molecule has 0 saturated carbocycles. The first-order chi connectivity index (χ1) is 17.1. The number of halogens is 4. The molecule has 0 aliphatic carbocycles. The van der Waals surface area contributed by atoms with E-state index in [9.17, 15) is 17.6 Å². The molecule has 2 N–H and O–H groups in total. The summed E-state index contributed by atoms with van der Waals surface area (Å²) in [7, 11) is 0. The molecule has 2 fully saturated rings. The van der Waals surface area contributed by atoms with Gasteiger partial charge in [0.15, 0.2) is 0 Å². The maximum absolute atomic E-state index is 13.7. The largest absolute Gasteiger partial charge is 0.419 e. The molecule has 2 saturated heterocycles. The maximum atomic E-state index is 13.7. The number of pyridine rings is 1. The van der Waals surface area contributed by atoms with E-state index in [0.717, 1.165) is 32.0 Å². The molecule has 2 aliphatic rings. The van der Waals surface area contributed by atoms with Crippen LogP contribution in [0.25, 0.3) is 5.70 Å². The fourth-order valence-corrected chi connectivity index (χ4v) is 4.44. The zero-order chi connectivity index (χ0) is 25.9. The molecule has 0 spiro atoms. The Hall–Kier alpha value is -3.56. The number of aryl methyl sites for hydroxylation is 1. The minimum absolute atomic E-state index is 0.0681. The van der Waals surface area contributed by atoms with E-state index in [2.05, 4.69) is 16.5 Å². The van der Waals surface area contributed by atoms with E-state index in [1.807, 2.05) is 4.90 Å². The van der Waals surface area contributed by atoms with Crippen molar-refractivity contribution in [1.82, 2.24) is 14.8 Å². The SMILES string of the molecule is C=C(/N=C(\C=C(/N)c1ccc(F)c(C)c1)N1CCN(c2ncccc2C(F)(F)F)CC1)N1CCCC1. The Bertz CT molecular complexity index is 1160. The number of likely N-dealkylation sites (tertiary alicyclic amines) is 1. The molecule has 0 amide bonds. The van der Waals surface area contributed by atoms with Crippen LogP contribution in [0.15, 0.2) is 60.0 Å². The number of amidine groups is 1. The molecule has 6 nitrogen and oxygen atoms in total. The van der Waals surface area contributed by atoms with Gasteiger partial charge in [0, 0.05) is 57.2 Å². The molecule has 1 aromatic carbocycles. The Morgan fingerprint density at radius 2 is 1.75 bits per heavy atom. The third-order valence-corrected chi connectivity index (χ3v) is 6.49. The van der Waals surface area contributed by atoms with Gasteiger partial charge in [-0.05, 0) is 61.2 Å². The highest BCUT2D eigenvalue weighted by Gasteiger charge is 2.36. The average molecular weight is 503 g/mol. The minimum Gasteiger partial charge on any atom is -0.398 e. The summed E-state index contributed by atoms with van der Waals surface area (Å²) in [6.45, 7) is 9.05. The summed E-state index contributed by atoms with van der Waals surface area (Å²) in [5.41, 5.74) is 7.19. The number of aromatic nitrogens is 1. The van der Waals surface area contributed by atoms with Gasteiger partial charge < -0.3 is 20.4 Å². The van der Waals surface area contributed by atoms with Crippen molar-refractivity contribution in [3.63, 3.8) is 0 Å². The number of hydrogen-bond acceptors (Lipinski definition) is 5. The van der Waals surface area contributed by atoms with Crippen molar-refractivity contribution in [2.45, 2.75) is 25.9 Å². The molecule has 1 aromatic heterocycles. The van der Waals surface area contributed by atoms with Gasteiger partial charge in [-0.25, -0.2) is 14.4 Å². The summed E-state index contributed by atoms with van der Waals surface area (Å²) >= 11 is 0. The lowest BCUT2D eigenvalue weighted by atomic mass is 10.1. The van der Waals surface area contributed by atoms with Crippen molar-refractivity contribution < 1.29 is 17.6 Å². The molecule has 0 unspecified atom stereocenters. The number of alkyl halides is 3. The van der Waals surface area contributed by atoms with E-state index in [-0.39, 0.29) is 11.6 Å².